The predicted octanol–water partition coefficient (Wildman–Crippen LogP) is -11.9. The van der Waals surface area contributed by atoms with Crippen LogP contribution in [0.3, 0.4) is 0 Å². The fraction of sp³-hybridized carbons (Fsp3) is 0.571. The molecule has 0 bridgehead atoms. The molecule has 2 saturated heterocycles. The van der Waals surface area contributed by atoms with Crippen LogP contribution in [-0.4, -0.2) is 143 Å². The number of anilines is 1. The molecule has 10 N–H and O–H groups in total. The van der Waals surface area contributed by atoms with Gasteiger partial charge < -0.3 is 75.8 Å². The Morgan fingerprint density at radius 1 is 1.16 bits per heavy atom. The fourth-order valence-corrected chi connectivity index (χ4v) is 8.01. The van der Waals surface area contributed by atoms with E-state index in [1.807, 2.05) is 0 Å². The number of phosphoric ester groups is 1. The van der Waals surface area contributed by atoms with Crippen LogP contribution in [0, 0.1) is 0 Å². The van der Waals surface area contributed by atoms with Crippen LogP contribution in [-0.2, 0) is 37.5 Å². The van der Waals surface area contributed by atoms with Crippen molar-refractivity contribution in [3.63, 3.8) is 0 Å². The zero-order valence-corrected chi connectivity index (χ0v) is 36.3. The zero-order chi connectivity index (χ0) is 39.8. The Kier molecular flexibility index (Phi) is 20.8. The molecule has 23 nitrogen and oxygen atoms in total. The maximum absolute atomic E-state index is 12.9. The van der Waals surface area contributed by atoms with Crippen molar-refractivity contribution in [2.75, 3.05) is 31.2 Å². The Hall–Kier alpha value is -1.27. The molecular formula is C28H37N6Na2O17PS2. The SMILES string of the molecule is Nc1ccn([C@@H]2O[C@H](COP(=O)([O-])OC3(C(=O)[O-])CC(O)[C@@H](NC(=O)CNC(=O)CCSSc4ccccn4)[C@H](C(O)[C@H](O)CO)O3)[C@@H](O)[C@H]2O)c(=O)n1.[Na+].[Na+]. The molecule has 2 aliphatic heterocycles. The van der Waals surface area contributed by atoms with Crippen molar-refractivity contribution in [3.8, 4) is 0 Å². The summed E-state index contributed by atoms with van der Waals surface area (Å²) < 4.78 is 33.7. The number of nitrogens with zero attached hydrogens (tertiary/aromatic N) is 3. The van der Waals surface area contributed by atoms with E-state index in [0.29, 0.717) is 5.75 Å². The molecule has 0 aromatic carbocycles. The standard InChI is InChI=1S/C28H39N6O17PS2.2Na/c29-16-4-7-34(27(45)32-16)25-23(42)22(41)15(49-25)12-48-52(46,47)51-28(26(43)44)9-13(36)20(24(50-28)21(40)14(37)11-35)33-18(39)10-31-17(38)5-8-53-54-19-3-1-2-6-30-19;;/h1-4,6-7,13-15,20-25,35-37,40-42H,5,8-12H2,(H,31,38)(H,33,39)(H,43,44)(H,46,47)(H2,29,32,45);;/q;2*+1/p-2/t13?,14-,15-,20-,21?,22-,23-,24-,25-,28?;;/m1../s1. The first-order valence-electron chi connectivity index (χ1n) is 15.8. The number of ether oxygens (including phenoxy) is 2. The second-order valence-corrected chi connectivity index (χ2v) is 15.5. The third-order valence-electron chi connectivity index (χ3n) is 7.89. The van der Waals surface area contributed by atoms with Gasteiger partial charge in [-0.25, -0.2) is 9.78 Å². The number of hydrogen-bond donors (Lipinski definition) is 9. The normalized spacial score (nSPS) is 28.1. The van der Waals surface area contributed by atoms with Crippen LogP contribution < -0.4 is 91.2 Å². The molecule has 2 fully saturated rings. The summed E-state index contributed by atoms with van der Waals surface area (Å²) in [6.07, 6.45) is -14.3. The van der Waals surface area contributed by atoms with Crippen molar-refractivity contribution in [2.24, 2.45) is 0 Å². The Morgan fingerprint density at radius 3 is 2.50 bits per heavy atom. The van der Waals surface area contributed by atoms with Crippen LogP contribution in [0.1, 0.15) is 19.1 Å². The second-order valence-electron chi connectivity index (χ2n) is 11.8. The summed E-state index contributed by atoms with van der Waals surface area (Å²) in [7, 11) is -3.25. The second kappa shape index (κ2) is 22.9. The number of carboxylic acid groups (broad SMARTS) is 1. The topological polar surface area (TPSA) is 371 Å². The number of aromatic nitrogens is 3. The monoisotopic (exact) mass is 870 g/mol. The maximum atomic E-state index is 12.9. The molecule has 28 heteroatoms. The summed E-state index contributed by atoms with van der Waals surface area (Å²) in [4.78, 5) is 70.1. The third kappa shape index (κ3) is 13.6. The van der Waals surface area contributed by atoms with Crippen LogP contribution in [0.25, 0.3) is 0 Å². The van der Waals surface area contributed by atoms with Crippen LogP contribution >= 0.6 is 29.4 Å². The number of aliphatic carboxylic acids is 1. The van der Waals surface area contributed by atoms with Gasteiger partial charge in [0.2, 0.25) is 17.6 Å². The van der Waals surface area contributed by atoms with E-state index < -0.39 is 118 Å². The van der Waals surface area contributed by atoms with Crippen molar-refractivity contribution in [1.82, 2.24) is 25.2 Å². The Bertz CT molecular complexity index is 1730. The minimum Gasteiger partial charge on any atom is -0.756 e. The molecule has 0 aliphatic carbocycles. The molecule has 0 radical (unpaired) electrons. The number of carbonyl (C=O) groups excluding carboxylic acids is 3. The largest absolute Gasteiger partial charge is 1.00 e. The molecule has 56 heavy (non-hydrogen) atoms. The minimum atomic E-state index is -5.91. The van der Waals surface area contributed by atoms with Gasteiger partial charge in [-0.3, -0.25) is 23.2 Å². The molecule has 300 valence electrons. The van der Waals surface area contributed by atoms with Gasteiger partial charge in [0.15, 0.2) is 6.23 Å². The predicted molar refractivity (Wildman–Crippen MR) is 178 cm³/mol. The van der Waals surface area contributed by atoms with E-state index in [1.54, 1.807) is 24.4 Å². The molecule has 2 aromatic rings. The van der Waals surface area contributed by atoms with Gasteiger partial charge >= 0.3 is 64.8 Å². The van der Waals surface area contributed by atoms with Gasteiger partial charge in [0, 0.05) is 31.0 Å². The first-order chi connectivity index (χ1) is 25.5. The molecule has 2 aromatic heterocycles. The van der Waals surface area contributed by atoms with E-state index in [-0.39, 0.29) is 71.4 Å². The molecule has 2 aliphatic rings. The van der Waals surface area contributed by atoms with E-state index in [4.69, 9.17) is 15.2 Å². The quantitative estimate of drug-likeness (QED) is 0.0291. The number of pyridine rings is 1. The van der Waals surface area contributed by atoms with Crippen LogP contribution in [0.4, 0.5) is 5.82 Å². The Morgan fingerprint density at radius 2 is 1.88 bits per heavy atom. The maximum Gasteiger partial charge on any atom is 1.00 e. The molecular weight excluding hydrogens is 833 g/mol. The van der Waals surface area contributed by atoms with Crippen molar-refractivity contribution in [3.05, 3.63) is 47.1 Å². The minimum absolute atomic E-state index is 0. The van der Waals surface area contributed by atoms with Crippen molar-refractivity contribution < 1.29 is 137 Å². The van der Waals surface area contributed by atoms with Crippen molar-refractivity contribution >= 4 is 53.0 Å². The number of nitrogens with one attached hydrogen (secondary N) is 2. The van der Waals surface area contributed by atoms with E-state index in [0.717, 1.165) is 15.8 Å². The fourth-order valence-electron chi connectivity index (χ4n) is 5.20. The number of carboxylic acids is 1. The summed E-state index contributed by atoms with van der Waals surface area (Å²) in [5.41, 5.74) is 4.45. The first kappa shape index (κ1) is 50.9. The summed E-state index contributed by atoms with van der Waals surface area (Å²) in [5.74, 6) is -7.28. The summed E-state index contributed by atoms with van der Waals surface area (Å²) in [5, 5.41) is 79.6. The van der Waals surface area contributed by atoms with Gasteiger partial charge in [-0.2, -0.15) is 4.98 Å². The molecule has 4 rings (SSSR count). The number of carbonyl (C=O) groups is 3. The van der Waals surface area contributed by atoms with Crippen molar-refractivity contribution in [2.45, 2.75) is 78.7 Å². The molecule has 2 amide bonds. The third-order valence-corrected chi connectivity index (χ3v) is 11.1. The first-order valence-corrected chi connectivity index (χ1v) is 19.6. The van der Waals surface area contributed by atoms with E-state index in [2.05, 4.69) is 29.6 Å². The number of aliphatic hydroxyl groups excluding tert-OH is 6. The van der Waals surface area contributed by atoms with Gasteiger partial charge in [-0.15, -0.1) is 0 Å². The average molecular weight is 871 g/mol. The number of aliphatic hydroxyl groups is 6. The van der Waals surface area contributed by atoms with E-state index in [9.17, 15) is 64.4 Å². The van der Waals surface area contributed by atoms with Crippen LogP contribution in [0.5, 0.6) is 0 Å². The molecule has 0 spiro atoms. The number of amides is 2. The summed E-state index contributed by atoms with van der Waals surface area (Å²) in [6.45, 7) is -2.97. The Balaban J connectivity index is 0.00000541. The average Bonchev–Trinajstić information content (AvgIpc) is 3.41. The van der Waals surface area contributed by atoms with Gasteiger partial charge in [-0.05, 0) is 29.0 Å². The van der Waals surface area contributed by atoms with Gasteiger partial charge in [0.25, 0.3) is 7.82 Å². The molecule has 11 atom stereocenters. The zero-order valence-electron chi connectivity index (χ0n) is 29.8. The summed E-state index contributed by atoms with van der Waals surface area (Å²) in [6, 6.07) is 4.70. The van der Waals surface area contributed by atoms with Crippen LogP contribution in [0.2, 0.25) is 0 Å². The van der Waals surface area contributed by atoms with Crippen molar-refractivity contribution in [1.29, 1.82) is 0 Å². The van der Waals surface area contributed by atoms with E-state index >= 15 is 0 Å². The molecule has 0 saturated carbocycles. The number of rotatable bonds is 18. The van der Waals surface area contributed by atoms with Crippen LogP contribution in [0.15, 0.2) is 46.5 Å². The number of nitrogens with two attached hydrogens (primary N) is 1. The molecule has 4 heterocycles. The smallest absolute Gasteiger partial charge is 0.756 e. The van der Waals surface area contributed by atoms with E-state index in [1.165, 1.54) is 27.7 Å². The number of phosphoric acid groups is 1. The Labute approximate surface area is 369 Å². The summed E-state index contributed by atoms with van der Waals surface area (Å²) >= 11 is 0. The number of nitrogen functional groups attached to an aromatic ring is 1. The van der Waals surface area contributed by atoms with Gasteiger partial charge in [0.1, 0.15) is 53.4 Å². The molecule has 4 unspecified atom stereocenters. The van der Waals surface area contributed by atoms with Gasteiger partial charge in [0.05, 0.1) is 31.9 Å². The van der Waals surface area contributed by atoms with Gasteiger partial charge in [-0.1, -0.05) is 16.9 Å². The number of hydrogen-bond acceptors (Lipinski definition) is 22.